The standard InChI is InChI=1S/C15H13ClF3NO/c16-12-3-1-2-4-13(12)20-9-14(21)10-5-7-11(8-6-10)15(17,18)19/h1-8,14,20-21H,9H2. The maximum atomic E-state index is 12.4. The first-order valence-corrected chi connectivity index (χ1v) is 6.59. The van der Waals surface area contributed by atoms with Gasteiger partial charge in [-0.3, -0.25) is 0 Å². The second-order valence-electron chi connectivity index (χ2n) is 4.50. The number of alkyl halides is 3. The fourth-order valence-electron chi connectivity index (χ4n) is 1.82. The zero-order valence-corrected chi connectivity index (χ0v) is 11.6. The molecule has 112 valence electrons. The van der Waals surface area contributed by atoms with Gasteiger partial charge in [0, 0.05) is 6.54 Å². The molecule has 0 aromatic heterocycles. The number of benzene rings is 2. The maximum Gasteiger partial charge on any atom is 0.416 e. The molecule has 0 saturated heterocycles. The molecule has 2 aromatic rings. The van der Waals surface area contributed by atoms with Crippen LogP contribution in [-0.4, -0.2) is 11.7 Å². The first kappa shape index (κ1) is 15.7. The Hall–Kier alpha value is -1.72. The van der Waals surface area contributed by atoms with Gasteiger partial charge >= 0.3 is 6.18 Å². The number of nitrogens with one attached hydrogen (secondary N) is 1. The van der Waals surface area contributed by atoms with Gasteiger partial charge in [-0.05, 0) is 29.8 Å². The van der Waals surface area contributed by atoms with Crippen LogP contribution < -0.4 is 5.32 Å². The molecule has 2 rings (SSSR count). The van der Waals surface area contributed by atoms with Crippen molar-refractivity contribution in [2.75, 3.05) is 11.9 Å². The van der Waals surface area contributed by atoms with Crippen molar-refractivity contribution in [3.63, 3.8) is 0 Å². The predicted molar refractivity (Wildman–Crippen MR) is 76.3 cm³/mol. The maximum absolute atomic E-state index is 12.4. The Labute approximate surface area is 125 Å². The number of hydrogen-bond donors (Lipinski definition) is 2. The zero-order valence-electron chi connectivity index (χ0n) is 10.9. The summed E-state index contributed by atoms with van der Waals surface area (Å²) in [5, 5.41) is 13.4. The fourth-order valence-corrected chi connectivity index (χ4v) is 2.03. The molecular formula is C15H13ClF3NO. The molecule has 2 N–H and O–H groups in total. The molecule has 1 unspecified atom stereocenters. The monoisotopic (exact) mass is 315 g/mol. The van der Waals surface area contributed by atoms with Crippen LogP contribution in [0.25, 0.3) is 0 Å². The van der Waals surface area contributed by atoms with Crippen LogP contribution in [0.1, 0.15) is 17.2 Å². The Kier molecular flexibility index (Phi) is 4.75. The number of aliphatic hydroxyl groups is 1. The van der Waals surface area contributed by atoms with Crippen LogP contribution in [0.5, 0.6) is 0 Å². The van der Waals surface area contributed by atoms with E-state index >= 15 is 0 Å². The molecule has 0 aliphatic carbocycles. The minimum absolute atomic E-state index is 0.148. The van der Waals surface area contributed by atoms with Gasteiger partial charge in [0.25, 0.3) is 0 Å². The average Bonchev–Trinajstić information content (AvgIpc) is 2.45. The number of para-hydroxylation sites is 1. The van der Waals surface area contributed by atoms with Crippen LogP contribution in [0.2, 0.25) is 5.02 Å². The average molecular weight is 316 g/mol. The molecule has 0 spiro atoms. The molecule has 6 heteroatoms. The van der Waals surface area contributed by atoms with E-state index in [0.717, 1.165) is 12.1 Å². The minimum Gasteiger partial charge on any atom is -0.387 e. The Bertz CT molecular complexity index is 599. The number of rotatable bonds is 4. The lowest BCUT2D eigenvalue weighted by atomic mass is 10.1. The summed E-state index contributed by atoms with van der Waals surface area (Å²) >= 11 is 5.96. The summed E-state index contributed by atoms with van der Waals surface area (Å²) < 4.78 is 37.3. The van der Waals surface area contributed by atoms with Crippen molar-refractivity contribution in [1.29, 1.82) is 0 Å². The second kappa shape index (κ2) is 6.37. The zero-order chi connectivity index (χ0) is 15.5. The normalized spacial score (nSPS) is 13.0. The van der Waals surface area contributed by atoms with Gasteiger partial charge in [-0.25, -0.2) is 0 Å². The van der Waals surface area contributed by atoms with E-state index in [4.69, 9.17) is 11.6 Å². The van der Waals surface area contributed by atoms with Crippen molar-refractivity contribution in [2.45, 2.75) is 12.3 Å². The van der Waals surface area contributed by atoms with Gasteiger partial charge in [0.05, 0.1) is 22.4 Å². The highest BCUT2D eigenvalue weighted by atomic mass is 35.5. The summed E-state index contributed by atoms with van der Waals surface area (Å²) in [6, 6.07) is 11.5. The van der Waals surface area contributed by atoms with E-state index in [1.165, 1.54) is 12.1 Å². The van der Waals surface area contributed by atoms with Gasteiger partial charge in [-0.1, -0.05) is 35.9 Å². The van der Waals surface area contributed by atoms with E-state index in [1.54, 1.807) is 24.3 Å². The number of anilines is 1. The Morgan fingerprint density at radius 3 is 2.24 bits per heavy atom. The molecule has 0 saturated carbocycles. The third kappa shape index (κ3) is 4.12. The van der Waals surface area contributed by atoms with Gasteiger partial charge in [-0.2, -0.15) is 13.2 Å². The Balaban J connectivity index is 2.01. The van der Waals surface area contributed by atoms with Crippen molar-refractivity contribution >= 4 is 17.3 Å². The summed E-state index contributed by atoms with van der Waals surface area (Å²) in [4.78, 5) is 0. The Morgan fingerprint density at radius 1 is 1.05 bits per heavy atom. The number of hydrogen-bond acceptors (Lipinski definition) is 2. The summed E-state index contributed by atoms with van der Waals surface area (Å²) in [6.07, 6.45) is -5.30. The minimum atomic E-state index is -4.38. The lowest BCUT2D eigenvalue weighted by Crippen LogP contribution is -2.13. The van der Waals surface area contributed by atoms with Crippen LogP contribution in [0.15, 0.2) is 48.5 Å². The molecule has 0 fully saturated rings. The molecular weight excluding hydrogens is 303 g/mol. The largest absolute Gasteiger partial charge is 0.416 e. The van der Waals surface area contributed by atoms with E-state index in [-0.39, 0.29) is 6.54 Å². The summed E-state index contributed by atoms with van der Waals surface area (Å²) in [5.74, 6) is 0. The number of halogens is 4. The summed E-state index contributed by atoms with van der Waals surface area (Å²) in [5.41, 5.74) is 0.324. The van der Waals surface area contributed by atoms with E-state index in [0.29, 0.717) is 16.3 Å². The smallest absolute Gasteiger partial charge is 0.387 e. The third-order valence-electron chi connectivity index (χ3n) is 2.98. The van der Waals surface area contributed by atoms with Crippen molar-refractivity contribution in [3.05, 3.63) is 64.7 Å². The fraction of sp³-hybridized carbons (Fsp3) is 0.200. The third-order valence-corrected chi connectivity index (χ3v) is 3.31. The van der Waals surface area contributed by atoms with Crippen LogP contribution >= 0.6 is 11.6 Å². The Morgan fingerprint density at radius 2 is 1.67 bits per heavy atom. The van der Waals surface area contributed by atoms with E-state index in [9.17, 15) is 18.3 Å². The molecule has 0 radical (unpaired) electrons. The van der Waals surface area contributed by atoms with Gasteiger partial charge in [0.2, 0.25) is 0 Å². The number of aliphatic hydroxyl groups excluding tert-OH is 1. The predicted octanol–water partition coefficient (Wildman–Crippen LogP) is 4.50. The molecule has 2 aromatic carbocycles. The molecule has 0 aliphatic rings. The molecule has 0 aliphatic heterocycles. The van der Waals surface area contributed by atoms with E-state index < -0.39 is 17.8 Å². The van der Waals surface area contributed by atoms with Gasteiger partial charge in [0.15, 0.2) is 0 Å². The molecule has 0 heterocycles. The van der Waals surface area contributed by atoms with Crippen LogP contribution in [-0.2, 0) is 6.18 Å². The van der Waals surface area contributed by atoms with Gasteiger partial charge < -0.3 is 10.4 Å². The first-order valence-electron chi connectivity index (χ1n) is 6.21. The highest BCUT2D eigenvalue weighted by Crippen LogP contribution is 2.30. The SMILES string of the molecule is OC(CNc1ccccc1Cl)c1ccc(C(F)(F)F)cc1. The van der Waals surface area contributed by atoms with Crippen LogP contribution in [0.3, 0.4) is 0 Å². The molecule has 21 heavy (non-hydrogen) atoms. The van der Waals surface area contributed by atoms with Crippen molar-refractivity contribution in [3.8, 4) is 0 Å². The van der Waals surface area contributed by atoms with E-state index in [2.05, 4.69) is 5.32 Å². The van der Waals surface area contributed by atoms with Crippen molar-refractivity contribution < 1.29 is 18.3 Å². The molecule has 1 atom stereocenters. The van der Waals surface area contributed by atoms with Gasteiger partial charge in [0.1, 0.15) is 0 Å². The molecule has 2 nitrogen and oxygen atoms in total. The highest BCUT2D eigenvalue weighted by Gasteiger charge is 2.30. The van der Waals surface area contributed by atoms with Crippen LogP contribution in [0, 0.1) is 0 Å². The van der Waals surface area contributed by atoms with Crippen molar-refractivity contribution in [2.24, 2.45) is 0 Å². The molecule has 0 bridgehead atoms. The lowest BCUT2D eigenvalue weighted by molar-refractivity contribution is -0.137. The van der Waals surface area contributed by atoms with Crippen molar-refractivity contribution in [1.82, 2.24) is 0 Å². The summed E-state index contributed by atoms with van der Waals surface area (Å²) in [7, 11) is 0. The quantitative estimate of drug-likeness (QED) is 0.870. The lowest BCUT2D eigenvalue weighted by Gasteiger charge is -2.15. The van der Waals surface area contributed by atoms with Crippen LogP contribution in [0.4, 0.5) is 18.9 Å². The topological polar surface area (TPSA) is 32.3 Å². The highest BCUT2D eigenvalue weighted by molar-refractivity contribution is 6.33. The second-order valence-corrected chi connectivity index (χ2v) is 4.90. The molecule has 0 amide bonds. The summed E-state index contributed by atoms with van der Waals surface area (Å²) in [6.45, 7) is 0.148. The van der Waals surface area contributed by atoms with E-state index in [1.807, 2.05) is 0 Å². The first-order chi connectivity index (χ1) is 9.88. The van der Waals surface area contributed by atoms with Gasteiger partial charge in [-0.15, -0.1) is 0 Å².